The Hall–Kier alpha value is -1.22. The molecule has 0 aromatic rings. The minimum Gasteiger partial charge on any atom is -0.462 e. The Balaban J connectivity index is 4.10. The maximum atomic E-state index is 12.6. The van der Waals surface area contributed by atoms with Gasteiger partial charge in [-0.2, -0.15) is 0 Å². The van der Waals surface area contributed by atoms with E-state index >= 15 is 0 Å². The van der Waals surface area contributed by atoms with E-state index in [1.54, 1.807) is 0 Å². The molecule has 0 rings (SSSR count). The van der Waals surface area contributed by atoms with E-state index < -0.39 is 49.6 Å². The number of esters is 2. The molecule has 0 fully saturated rings. The van der Waals surface area contributed by atoms with Crippen LogP contribution in [0.3, 0.4) is 0 Å². The van der Waals surface area contributed by atoms with Gasteiger partial charge in [0.2, 0.25) is 0 Å². The van der Waals surface area contributed by atoms with E-state index in [1.807, 2.05) is 0 Å². The lowest BCUT2D eigenvalue weighted by Crippen LogP contribution is -2.49. The summed E-state index contributed by atoms with van der Waals surface area (Å²) in [6, 6.07) is 0. The molecule has 0 unspecified atom stereocenters. The lowest BCUT2D eigenvalue weighted by Gasteiger charge is -2.28. The molecular formula is C42H82O8. The Morgan fingerprint density at radius 2 is 0.740 bits per heavy atom. The van der Waals surface area contributed by atoms with Crippen LogP contribution >= 0.6 is 0 Å². The van der Waals surface area contributed by atoms with E-state index in [9.17, 15) is 30.0 Å². The van der Waals surface area contributed by atoms with Crippen LogP contribution in [0.25, 0.3) is 0 Å². The Morgan fingerprint density at radius 1 is 0.440 bits per heavy atom. The van der Waals surface area contributed by atoms with E-state index in [1.165, 1.54) is 148 Å². The summed E-state index contributed by atoms with van der Waals surface area (Å²) in [6.07, 6.45) is 30.9. The molecule has 50 heavy (non-hydrogen) atoms. The standard InChI is InChI=1S/C42H82O8/c1-3-5-7-9-11-13-15-17-19-21-23-25-27-29-31-33-39(45)49-36-38(42(48)41(47)37(44)35-43)50-40(46)34-32-30-28-26-24-22-20-18-16-14-12-10-8-6-4-2/h37-38,41-44,47-48H,3-36H2,1-2H3/t37-,38+,41-,42+/m1/s1. The van der Waals surface area contributed by atoms with Gasteiger partial charge in [0, 0.05) is 12.8 Å². The summed E-state index contributed by atoms with van der Waals surface area (Å²) in [7, 11) is 0. The summed E-state index contributed by atoms with van der Waals surface area (Å²) in [6.45, 7) is 3.32. The molecule has 0 spiro atoms. The molecule has 0 aliphatic rings. The third-order valence-corrected chi connectivity index (χ3v) is 9.97. The van der Waals surface area contributed by atoms with Crippen LogP contribution in [0.1, 0.15) is 219 Å². The monoisotopic (exact) mass is 715 g/mol. The molecule has 0 saturated carbocycles. The summed E-state index contributed by atoms with van der Waals surface area (Å²) in [5.41, 5.74) is 0. The molecule has 298 valence electrons. The molecule has 0 heterocycles. The second-order valence-corrected chi connectivity index (χ2v) is 14.8. The van der Waals surface area contributed by atoms with Crippen LogP contribution in [0, 0.1) is 0 Å². The third kappa shape index (κ3) is 31.5. The molecule has 0 aromatic carbocycles. The lowest BCUT2D eigenvalue weighted by atomic mass is 10.0. The SMILES string of the molecule is CCCCCCCCCCCCCCCCCC(=O)OC[C@H](OC(=O)CCCCCCCCCCCCCCCCC)[C@H](O)[C@H](O)[C@H](O)CO. The molecule has 0 bridgehead atoms. The van der Waals surface area contributed by atoms with Crippen LogP contribution in [-0.4, -0.2) is 70.0 Å². The van der Waals surface area contributed by atoms with Crippen LogP contribution in [0.5, 0.6) is 0 Å². The van der Waals surface area contributed by atoms with Gasteiger partial charge in [0.15, 0.2) is 6.10 Å². The number of rotatable bonds is 39. The maximum Gasteiger partial charge on any atom is 0.306 e. The maximum absolute atomic E-state index is 12.6. The summed E-state index contributed by atoms with van der Waals surface area (Å²) in [5.74, 6) is -1.000. The van der Waals surface area contributed by atoms with Crippen molar-refractivity contribution in [2.45, 2.75) is 244 Å². The van der Waals surface area contributed by atoms with Gasteiger partial charge in [0.25, 0.3) is 0 Å². The molecule has 8 heteroatoms. The minimum atomic E-state index is -1.75. The molecule has 0 aliphatic carbocycles. The highest BCUT2D eigenvalue weighted by Crippen LogP contribution is 2.17. The fraction of sp³-hybridized carbons (Fsp3) is 0.952. The third-order valence-electron chi connectivity index (χ3n) is 9.97. The van der Waals surface area contributed by atoms with E-state index in [0.717, 1.165) is 32.1 Å². The Morgan fingerprint density at radius 3 is 1.06 bits per heavy atom. The van der Waals surface area contributed by atoms with Crippen LogP contribution in [-0.2, 0) is 19.1 Å². The van der Waals surface area contributed by atoms with E-state index in [-0.39, 0.29) is 12.8 Å². The number of aliphatic hydroxyl groups excluding tert-OH is 4. The van der Waals surface area contributed by atoms with Gasteiger partial charge in [0.1, 0.15) is 24.9 Å². The van der Waals surface area contributed by atoms with Gasteiger partial charge in [0.05, 0.1) is 6.61 Å². The zero-order valence-electron chi connectivity index (χ0n) is 32.8. The minimum absolute atomic E-state index is 0.160. The Labute approximate surface area is 307 Å². The molecule has 8 nitrogen and oxygen atoms in total. The predicted octanol–water partition coefficient (Wildman–Crippen LogP) is 10.0. The molecule has 0 aliphatic heterocycles. The molecule has 4 atom stereocenters. The first-order chi connectivity index (χ1) is 24.4. The summed E-state index contributed by atoms with van der Waals surface area (Å²) >= 11 is 0. The van der Waals surface area contributed by atoms with Gasteiger partial charge >= 0.3 is 11.9 Å². The topological polar surface area (TPSA) is 134 Å². The average molecular weight is 715 g/mol. The predicted molar refractivity (Wildman–Crippen MR) is 205 cm³/mol. The van der Waals surface area contributed by atoms with Gasteiger partial charge in [-0.3, -0.25) is 9.59 Å². The quantitative estimate of drug-likeness (QED) is 0.0365. The normalized spacial score (nSPS) is 14.0. The van der Waals surface area contributed by atoms with Crippen molar-refractivity contribution in [2.24, 2.45) is 0 Å². The van der Waals surface area contributed by atoms with Crippen molar-refractivity contribution in [1.29, 1.82) is 0 Å². The molecule has 4 N–H and O–H groups in total. The first-order valence-corrected chi connectivity index (χ1v) is 21.4. The largest absolute Gasteiger partial charge is 0.462 e. The number of hydrogen-bond donors (Lipinski definition) is 4. The molecule has 0 saturated heterocycles. The van der Waals surface area contributed by atoms with Gasteiger partial charge in [-0.25, -0.2) is 0 Å². The molecule has 0 radical (unpaired) electrons. The fourth-order valence-electron chi connectivity index (χ4n) is 6.51. The van der Waals surface area contributed by atoms with Crippen molar-refractivity contribution in [3.05, 3.63) is 0 Å². The van der Waals surface area contributed by atoms with Gasteiger partial charge in [-0.05, 0) is 12.8 Å². The number of aliphatic hydroxyl groups is 4. The number of unbranched alkanes of at least 4 members (excludes halogenated alkanes) is 28. The zero-order valence-corrected chi connectivity index (χ0v) is 32.8. The van der Waals surface area contributed by atoms with Crippen molar-refractivity contribution in [2.75, 3.05) is 13.2 Å². The number of carbonyl (C=O) groups excluding carboxylic acids is 2. The van der Waals surface area contributed by atoms with Crippen molar-refractivity contribution in [3.8, 4) is 0 Å². The zero-order chi connectivity index (χ0) is 36.9. The number of hydrogen-bond acceptors (Lipinski definition) is 8. The average Bonchev–Trinajstić information content (AvgIpc) is 3.12. The Kier molecular flexibility index (Phi) is 36.6. The summed E-state index contributed by atoms with van der Waals surface area (Å²) in [4.78, 5) is 24.9. The van der Waals surface area contributed by atoms with Gasteiger partial charge < -0.3 is 29.9 Å². The van der Waals surface area contributed by atoms with Crippen molar-refractivity contribution >= 4 is 11.9 Å². The highest BCUT2D eigenvalue weighted by atomic mass is 16.6. The van der Waals surface area contributed by atoms with Crippen LogP contribution in [0.2, 0.25) is 0 Å². The van der Waals surface area contributed by atoms with E-state index in [2.05, 4.69) is 13.8 Å². The highest BCUT2D eigenvalue weighted by Gasteiger charge is 2.34. The van der Waals surface area contributed by atoms with E-state index in [4.69, 9.17) is 9.47 Å². The van der Waals surface area contributed by atoms with Crippen molar-refractivity contribution < 1.29 is 39.5 Å². The van der Waals surface area contributed by atoms with Crippen LogP contribution < -0.4 is 0 Å². The van der Waals surface area contributed by atoms with E-state index in [0.29, 0.717) is 12.8 Å². The van der Waals surface area contributed by atoms with Crippen LogP contribution in [0.15, 0.2) is 0 Å². The summed E-state index contributed by atoms with van der Waals surface area (Å²) in [5, 5.41) is 39.8. The Bertz CT molecular complexity index is 733. The fourth-order valence-corrected chi connectivity index (χ4v) is 6.51. The van der Waals surface area contributed by atoms with Crippen LogP contribution in [0.4, 0.5) is 0 Å². The van der Waals surface area contributed by atoms with Crippen molar-refractivity contribution in [3.63, 3.8) is 0 Å². The highest BCUT2D eigenvalue weighted by molar-refractivity contribution is 5.70. The second kappa shape index (κ2) is 37.5. The second-order valence-electron chi connectivity index (χ2n) is 14.8. The summed E-state index contributed by atoms with van der Waals surface area (Å²) < 4.78 is 10.7. The molecule has 0 aromatic heterocycles. The smallest absolute Gasteiger partial charge is 0.306 e. The number of carbonyl (C=O) groups is 2. The molecular weight excluding hydrogens is 632 g/mol. The van der Waals surface area contributed by atoms with Gasteiger partial charge in [-0.1, -0.05) is 194 Å². The first-order valence-electron chi connectivity index (χ1n) is 21.4. The lowest BCUT2D eigenvalue weighted by molar-refractivity contribution is -0.178. The van der Waals surface area contributed by atoms with Gasteiger partial charge in [-0.15, -0.1) is 0 Å². The molecule has 0 amide bonds. The van der Waals surface area contributed by atoms with Crippen molar-refractivity contribution in [1.82, 2.24) is 0 Å². The number of ether oxygens (including phenoxy) is 2. The first kappa shape index (κ1) is 48.8.